The SMILES string of the molecule is O=C(Nc1cccc(-n2cnnn2)c1)[C@H]1CCCN(C(=O)C2CCOCC2)C1. The first-order valence-electron chi connectivity index (χ1n) is 9.71. The Labute approximate surface area is 163 Å². The highest BCUT2D eigenvalue weighted by molar-refractivity contribution is 5.93. The molecule has 2 aromatic rings. The van der Waals surface area contributed by atoms with Crippen LogP contribution >= 0.6 is 0 Å². The first-order chi connectivity index (χ1) is 13.7. The van der Waals surface area contributed by atoms with Crippen LogP contribution in [0.1, 0.15) is 25.7 Å². The fourth-order valence-corrected chi connectivity index (χ4v) is 3.84. The number of rotatable bonds is 4. The minimum absolute atomic E-state index is 0.0310. The molecule has 1 atom stereocenters. The Hall–Kier alpha value is -2.81. The largest absolute Gasteiger partial charge is 0.381 e. The number of amides is 2. The zero-order valence-corrected chi connectivity index (χ0v) is 15.7. The van der Waals surface area contributed by atoms with E-state index in [9.17, 15) is 9.59 Å². The number of aromatic nitrogens is 4. The molecule has 0 radical (unpaired) electrons. The summed E-state index contributed by atoms with van der Waals surface area (Å²) in [5.41, 5.74) is 1.45. The maximum absolute atomic E-state index is 12.8. The molecule has 2 saturated heterocycles. The van der Waals surface area contributed by atoms with Crippen molar-refractivity contribution in [2.45, 2.75) is 25.7 Å². The van der Waals surface area contributed by atoms with Crippen LogP contribution in [0.25, 0.3) is 5.69 Å². The van der Waals surface area contributed by atoms with Gasteiger partial charge in [0.1, 0.15) is 6.33 Å². The van der Waals surface area contributed by atoms with Gasteiger partial charge in [-0.2, -0.15) is 0 Å². The van der Waals surface area contributed by atoms with E-state index in [1.165, 1.54) is 11.0 Å². The van der Waals surface area contributed by atoms with Crippen LogP contribution < -0.4 is 5.32 Å². The maximum Gasteiger partial charge on any atom is 0.229 e. The van der Waals surface area contributed by atoms with E-state index in [0.717, 1.165) is 37.9 Å². The number of likely N-dealkylation sites (tertiary alicyclic amines) is 1. The molecule has 4 rings (SSSR count). The molecule has 1 aromatic heterocycles. The van der Waals surface area contributed by atoms with Gasteiger partial charge in [-0.3, -0.25) is 9.59 Å². The van der Waals surface area contributed by atoms with Gasteiger partial charge >= 0.3 is 0 Å². The molecular weight excluding hydrogens is 360 g/mol. The number of ether oxygens (including phenoxy) is 1. The molecule has 2 fully saturated rings. The Balaban J connectivity index is 1.38. The van der Waals surface area contributed by atoms with Crippen molar-refractivity contribution in [3.63, 3.8) is 0 Å². The molecule has 0 bridgehead atoms. The highest BCUT2D eigenvalue weighted by atomic mass is 16.5. The fraction of sp³-hybridized carbons (Fsp3) is 0.526. The van der Waals surface area contributed by atoms with Crippen LogP contribution in [0.3, 0.4) is 0 Å². The highest BCUT2D eigenvalue weighted by Gasteiger charge is 2.32. The summed E-state index contributed by atoms with van der Waals surface area (Å²) in [6.45, 7) is 2.50. The Morgan fingerprint density at radius 3 is 2.79 bits per heavy atom. The summed E-state index contributed by atoms with van der Waals surface area (Å²) >= 11 is 0. The molecule has 1 N–H and O–H groups in total. The first-order valence-corrected chi connectivity index (χ1v) is 9.71. The molecule has 0 aliphatic carbocycles. The van der Waals surface area contributed by atoms with Crippen LogP contribution in [0.4, 0.5) is 5.69 Å². The van der Waals surface area contributed by atoms with Crippen LogP contribution in [0.2, 0.25) is 0 Å². The van der Waals surface area contributed by atoms with E-state index in [1.807, 2.05) is 29.2 Å². The number of hydrogen-bond donors (Lipinski definition) is 1. The Kier molecular flexibility index (Phi) is 5.61. The van der Waals surface area contributed by atoms with Gasteiger partial charge in [-0.25, -0.2) is 4.68 Å². The van der Waals surface area contributed by atoms with Crippen molar-refractivity contribution in [2.75, 3.05) is 31.6 Å². The van der Waals surface area contributed by atoms with Crippen molar-refractivity contribution in [2.24, 2.45) is 11.8 Å². The molecular formula is C19H24N6O3. The van der Waals surface area contributed by atoms with Crippen molar-refractivity contribution in [1.29, 1.82) is 0 Å². The van der Waals surface area contributed by atoms with Crippen molar-refractivity contribution < 1.29 is 14.3 Å². The number of piperidine rings is 1. The predicted molar refractivity (Wildman–Crippen MR) is 101 cm³/mol. The lowest BCUT2D eigenvalue weighted by Gasteiger charge is -2.35. The Morgan fingerprint density at radius 1 is 1.14 bits per heavy atom. The third-order valence-corrected chi connectivity index (χ3v) is 5.40. The summed E-state index contributed by atoms with van der Waals surface area (Å²) in [5, 5.41) is 14.1. The average Bonchev–Trinajstić information content (AvgIpc) is 3.29. The smallest absolute Gasteiger partial charge is 0.229 e. The minimum Gasteiger partial charge on any atom is -0.381 e. The summed E-state index contributed by atoms with van der Waals surface area (Å²) < 4.78 is 6.88. The number of nitrogens with one attached hydrogen (secondary N) is 1. The van der Waals surface area contributed by atoms with Crippen LogP contribution in [0.15, 0.2) is 30.6 Å². The molecule has 9 heteroatoms. The zero-order valence-electron chi connectivity index (χ0n) is 15.7. The van der Waals surface area contributed by atoms with Gasteiger partial charge in [-0.15, -0.1) is 5.10 Å². The molecule has 2 amide bonds. The number of hydrogen-bond acceptors (Lipinski definition) is 6. The second-order valence-corrected chi connectivity index (χ2v) is 7.30. The Bertz CT molecular complexity index is 819. The van der Waals surface area contributed by atoms with E-state index in [2.05, 4.69) is 20.8 Å². The normalized spacial score (nSPS) is 20.7. The van der Waals surface area contributed by atoms with E-state index in [0.29, 0.717) is 25.4 Å². The number of tetrazole rings is 1. The van der Waals surface area contributed by atoms with Crippen LogP contribution in [-0.2, 0) is 14.3 Å². The third-order valence-electron chi connectivity index (χ3n) is 5.40. The molecule has 9 nitrogen and oxygen atoms in total. The number of anilines is 1. The lowest BCUT2D eigenvalue weighted by atomic mass is 9.93. The van der Waals surface area contributed by atoms with Gasteiger partial charge < -0.3 is 15.0 Å². The topological polar surface area (TPSA) is 102 Å². The second-order valence-electron chi connectivity index (χ2n) is 7.30. The monoisotopic (exact) mass is 384 g/mol. The van der Waals surface area contributed by atoms with Crippen molar-refractivity contribution in [1.82, 2.24) is 25.1 Å². The summed E-state index contributed by atoms with van der Waals surface area (Å²) in [6, 6.07) is 7.36. The van der Waals surface area contributed by atoms with E-state index in [4.69, 9.17) is 4.74 Å². The number of carbonyl (C=O) groups is 2. The molecule has 3 heterocycles. The summed E-state index contributed by atoms with van der Waals surface area (Å²) in [5.74, 6) is -0.0578. The fourth-order valence-electron chi connectivity index (χ4n) is 3.84. The second kappa shape index (κ2) is 8.47. The van der Waals surface area contributed by atoms with Crippen molar-refractivity contribution >= 4 is 17.5 Å². The molecule has 0 spiro atoms. The quantitative estimate of drug-likeness (QED) is 0.852. The van der Waals surface area contributed by atoms with Crippen LogP contribution in [-0.4, -0.2) is 63.2 Å². The third kappa shape index (κ3) is 4.19. The summed E-state index contributed by atoms with van der Waals surface area (Å²) in [6.07, 6.45) is 4.68. The standard InChI is InChI=1S/C19H24N6O3/c26-18(21-16-4-1-5-17(11-16)25-13-20-22-23-25)15-3-2-8-24(12-15)19(27)14-6-9-28-10-7-14/h1,4-5,11,13-15H,2-3,6-10,12H2,(H,21,26)/t15-/m0/s1. The van der Waals surface area contributed by atoms with Crippen LogP contribution in [0.5, 0.6) is 0 Å². The van der Waals surface area contributed by atoms with Gasteiger partial charge in [0.15, 0.2) is 0 Å². The number of benzene rings is 1. The predicted octanol–water partition coefficient (Wildman–Crippen LogP) is 1.27. The summed E-state index contributed by atoms with van der Waals surface area (Å²) in [7, 11) is 0. The molecule has 1 aromatic carbocycles. The maximum atomic E-state index is 12.8. The minimum atomic E-state index is -0.200. The molecule has 28 heavy (non-hydrogen) atoms. The lowest BCUT2D eigenvalue weighted by Crippen LogP contribution is -2.46. The number of carbonyl (C=O) groups excluding carboxylic acids is 2. The van der Waals surface area contributed by atoms with Gasteiger partial charge in [-0.05, 0) is 54.3 Å². The number of nitrogens with zero attached hydrogens (tertiary/aromatic N) is 5. The van der Waals surface area contributed by atoms with E-state index < -0.39 is 0 Å². The lowest BCUT2D eigenvalue weighted by molar-refractivity contribution is -0.141. The Morgan fingerprint density at radius 2 is 2.00 bits per heavy atom. The first kappa shape index (κ1) is 18.5. The average molecular weight is 384 g/mol. The molecule has 2 aliphatic heterocycles. The van der Waals surface area contributed by atoms with Crippen LogP contribution in [0, 0.1) is 11.8 Å². The van der Waals surface area contributed by atoms with Gasteiger partial charge in [0.05, 0.1) is 11.6 Å². The highest BCUT2D eigenvalue weighted by Crippen LogP contribution is 2.24. The van der Waals surface area contributed by atoms with E-state index in [-0.39, 0.29) is 23.7 Å². The van der Waals surface area contributed by atoms with Gasteiger partial charge in [-0.1, -0.05) is 6.07 Å². The van der Waals surface area contributed by atoms with Crippen molar-refractivity contribution in [3.8, 4) is 5.69 Å². The molecule has 2 aliphatic rings. The van der Waals surface area contributed by atoms with E-state index in [1.54, 1.807) is 0 Å². The van der Waals surface area contributed by atoms with Gasteiger partial charge in [0.2, 0.25) is 11.8 Å². The molecule has 0 unspecified atom stereocenters. The molecule has 0 saturated carbocycles. The molecule has 148 valence electrons. The van der Waals surface area contributed by atoms with E-state index >= 15 is 0 Å². The zero-order chi connectivity index (χ0) is 19.3. The van der Waals surface area contributed by atoms with Gasteiger partial charge in [0, 0.05) is 37.9 Å². The van der Waals surface area contributed by atoms with Crippen molar-refractivity contribution in [3.05, 3.63) is 30.6 Å². The van der Waals surface area contributed by atoms with Gasteiger partial charge in [0.25, 0.3) is 0 Å². The summed E-state index contributed by atoms with van der Waals surface area (Å²) in [4.78, 5) is 27.4.